The van der Waals surface area contributed by atoms with Gasteiger partial charge in [-0.2, -0.15) is 0 Å². The van der Waals surface area contributed by atoms with E-state index >= 15 is 0 Å². The molecule has 0 fully saturated rings. The minimum absolute atomic E-state index is 0.900. The Balaban J connectivity index is 2.93. The van der Waals surface area contributed by atoms with Gasteiger partial charge in [-0.1, -0.05) is 29.4 Å². The Hall–Kier alpha value is -1.70. The van der Waals surface area contributed by atoms with Crippen LogP contribution in [0, 0.1) is 0 Å². The maximum absolute atomic E-state index is 5.30. The molecule has 0 N–H and O–H groups in total. The monoisotopic (exact) mass is 259 g/mol. The standard InChI is InChI=1S/C17H25NO/c1-14(2)9-11-18(12-10-15(3)4)16-7-6-8-17(13-16)19-5/h6-10,13H,11-12H2,1-5H3. The summed E-state index contributed by atoms with van der Waals surface area (Å²) in [6.45, 7) is 10.4. The molecular formula is C17H25NO. The van der Waals surface area contributed by atoms with Crippen molar-refractivity contribution in [2.24, 2.45) is 0 Å². The molecule has 0 amide bonds. The lowest BCUT2D eigenvalue weighted by Crippen LogP contribution is -2.23. The minimum atomic E-state index is 0.900. The van der Waals surface area contributed by atoms with Gasteiger partial charge in [-0.25, -0.2) is 0 Å². The summed E-state index contributed by atoms with van der Waals surface area (Å²) in [6.07, 6.45) is 4.50. The fourth-order valence-corrected chi connectivity index (χ4v) is 1.68. The Kier molecular flexibility index (Phi) is 6.20. The van der Waals surface area contributed by atoms with Crippen LogP contribution in [0.3, 0.4) is 0 Å². The Morgan fingerprint density at radius 1 is 1.05 bits per heavy atom. The maximum Gasteiger partial charge on any atom is 0.120 e. The zero-order valence-electron chi connectivity index (χ0n) is 12.7. The van der Waals surface area contributed by atoms with E-state index in [-0.39, 0.29) is 0 Å². The van der Waals surface area contributed by atoms with Crippen molar-refractivity contribution in [1.29, 1.82) is 0 Å². The second-order valence-electron chi connectivity index (χ2n) is 5.17. The molecule has 1 aromatic carbocycles. The molecule has 0 saturated carbocycles. The molecule has 104 valence electrons. The highest BCUT2D eigenvalue weighted by molar-refractivity contribution is 5.51. The van der Waals surface area contributed by atoms with Gasteiger partial charge in [-0.3, -0.25) is 0 Å². The van der Waals surface area contributed by atoms with Gasteiger partial charge in [0.2, 0.25) is 0 Å². The molecule has 1 rings (SSSR count). The molecule has 0 unspecified atom stereocenters. The number of hydrogen-bond donors (Lipinski definition) is 0. The van der Waals surface area contributed by atoms with Crippen molar-refractivity contribution >= 4 is 5.69 Å². The number of nitrogens with zero attached hydrogens (tertiary/aromatic N) is 1. The van der Waals surface area contributed by atoms with Crippen LogP contribution >= 0.6 is 0 Å². The molecule has 0 heterocycles. The highest BCUT2D eigenvalue weighted by atomic mass is 16.5. The average molecular weight is 259 g/mol. The summed E-state index contributed by atoms with van der Waals surface area (Å²) in [5.74, 6) is 0.900. The van der Waals surface area contributed by atoms with Crippen LogP contribution in [0.5, 0.6) is 5.75 Å². The Labute approximate surface area is 117 Å². The van der Waals surface area contributed by atoms with Gasteiger partial charge in [0.1, 0.15) is 5.75 Å². The topological polar surface area (TPSA) is 12.5 Å². The molecule has 1 aromatic rings. The fourth-order valence-electron chi connectivity index (χ4n) is 1.68. The van der Waals surface area contributed by atoms with E-state index < -0.39 is 0 Å². The molecule has 0 atom stereocenters. The van der Waals surface area contributed by atoms with Crippen LogP contribution in [0.15, 0.2) is 47.6 Å². The molecule has 0 spiro atoms. The van der Waals surface area contributed by atoms with E-state index in [1.54, 1.807) is 7.11 Å². The second kappa shape index (κ2) is 7.67. The summed E-state index contributed by atoms with van der Waals surface area (Å²) >= 11 is 0. The molecule has 2 nitrogen and oxygen atoms in total. The summed E-state index contributed by atoms with van der Waals surface area (Å²) < 4.78 is 5.30. The average Bonchev–Trinajstić information content (AvgIpc) is 2.38. The van der Waals surface area contributed by atoms with Gasteiger partial charge < -0.3 is 9.64 Å². The Morgan fingerprint density at radius 3 is 2.11 bits per heavy atom. The molecule has 0 saturated heterocycles. The van der Waals surface area contributed by atoms with Crippen molar-refractivity contribution in [2.75, 3.05) is 25.1 Å². The number of anilines is 1. The smallest absolute Gasteiger partial charge is 0.120 e. The lowest BCUT2D eigenvalue weighted by Gasteiger charge is -2.23. The van der Waals surface area contributed by atoms with Gasteiger partial charge in [0.15, 0.2) is 0 Å². The SMILES string of the molecule is COc1cccc(N(CC=C(C)C)CC=C(C)C)c1. The summed E-state index contributed by atoms with van der Waals surface area (Å²) in [7, 11) is 1.70. The summed E-state index contributed by atoms with van der Waals surface area (Å²) in [6, 6.07) is 8.22. The van der Waals surface area contributed by atoms with E-state index in [1.165, 1.54) is 16.8 Å². The van der Waals surface area contributed by atoms with E-state index in [1.807, 2.05) is 12.1 Å². The van der Waals surface area contributed by atoms with E-state index in [9.17, 15) is 0 Å². The Morgan fingerprint density at radius 2 is 1.63 bits per heavy atom. The molecule has 2 heteroatoms. The maximum atomic E-state index is 5.30. The van der Waals surface area contributed by atoms with Crippen molar-refractivity contribution < 1.29 is 4.74 Å². The second-order valence-corrected chi connectivity index (χ2v) is 5.17. The number of benzene rings is 1. The van der Waals surface area contributed by atoms with E-state index in [4.69, 9.17) is 4.74 Å². The first kappa shape index (κ1) is 15.4. The van der Waals surface area contributed by atoms with Gasteiger partial charge in [0.25, 0.3) is 0 Å². The van der Waals surface area contributed by atoms with Crippen molar-refractivity contribution in [3.05, 3.63) is 47.6 Å². The molecule has 0 radical (unpaired) electrons. The van der Waals surface area contributed by atoms with E-state index in [2.05, 4.69) is 56.9 Å². The molecular weight excluding hydrogens is 234 g/mol. The third kappa shape index (κ3) is 5.64. The lowest BCUT2D eigenvalue weighted by molar-refractivity contribution is 0.415. The molecule has 0 aliphatic rings. The number of hydrogen-bond acceptors (Lipinski definition) is 2. The molecule has 0 aromatic heterocycles. The normalized spacial score (nSPS) is 9.74. The molecule has 0 aliphatic carbocycles. The van der Waals surface area contributed by atoms with Gasteiger partial charge in [-0.15, -0.1) is 0 Å². The zero-order chi connectivity index (χ0) is 14.3. The van der Waals surface area contributed by atoms with Crippen molar-refractivity contribution in [1.82, 2.24) is 0 Å². The van der Waals surface area contributed by atoms with Crippen LogP contribution in [0.25, 0.3) is 0 Å². The van der Waals surface area contributed by atoms with Crippen LogP contribution in [-0.4, -0.2) is 20.2 Å². The lowest BCUT2D eigenvalue weighted by atomic mass is 10.2. The van der Waals surface area contributed by atoms with Crippen LogP contribution < -0.4 is 9.64 Å². The molecule has 19 heavy (non-hydrogen) atoms. The number of rotatable bonds is 6. The fraction of sp³-hybridized carbons (Fsp3) is 0.412. The first-order valence-electron chi connectivity index (χ1n) is 6.68. The predicted molar refractivity (Wildman–Crippen MR) is 84.1 cm³/mol. The zero-order valence-corrected chi connectivity index (χ0v) is 12.7. The largest absolute Gasteiger partial charge is 0.497 e. The van der Waals surface area contributed by atoms with Crippen LogP contribution in [0.4, 0.5) is 5.69 Å². The molecule has 0 bridgehead atoms. The van der Waals surface area contributed by atoms with Crippen molar-refractivity contribution in [3.8, 4) is 5.75 Å². The summed E-state index contributed by atoms with van der Waals surface area (Å²) in [5, 5.41) is 0. The van der Waals surface area contributed by atoms with Gasteiger partial charge >= 0.3 is 0 Å². The van der Waals surface area contributed by atoms with Gasteiger partial charge in [0.05, 0.1) is 7.11 Å². The third-order valence-electron chi connectivity index (χ3n) is 2.86. The van der Waals surface area contributed by atoms with Crippen LogP contribution in [-0.2, 0) is 0 Å². The van der Waals surface area contributed by atoms with Crippen molar-refractivity contribution in [3.63, 3.8) is 0 Å². The van der Waals surface area contributed by atoms with E-state index in [0.29, 0.717) is 0 Å². The highest BCUT2D eigenvalue weighted by Crippen LogP contribution is 2.21. The third-order valence-corrected chi connectivity index (χ3v) is 2.86. The number of ether oxygens (including phenoxy) is 1. The van der Waals surface area contributed by atoms with Gasteiger partial charge in [0, 0.05) is 24.8 Å². The number of allylic oxidation sites excluding steroid dienone is 2. The van der Waals surface area contributed by atoms with Crippen LogP contribution in [0.2, 0.25) is 0 Å². The predicted octanol–water partition coefficient (Wildman–Crippen LogP) is 4.43. The summed E-state index contributed by atoms with van der Waals surface area (Å²) in [5.41, 5.74) is 3.87. The molecule has 0 aliphatic heterocycles. The van der Waals surface area contributed by atoms with Crippen LogP contribution in [0.1, 0.15) is 27.7 Å². The van der Waals surface area contributed by atoms with Gasteiger partial charge in [-0.05, 0) is 39.8 Å². The summed E-state index contributed by atoms with van der Waals surface area (Å²) in [4.78, 5) is 2.34. The highest BCUT2D eigenvalue weighted by Gasteiger charge is 2.04. The van der Waals surface area contributed by atoms with E-state index in [0.717, 1.165) is 18.8 Å². The first-order chi connectivity index (χ1) is 9.02. The Bertz CT molecular complexity index is 432. The van der Waals surface area contributed by atoms with Crippen molar-refractivity contribution in [2.45, 2.75) is 27.7 Å². The quantitative estimate of drug-likeness (QED) is 0.701. The minimum Gasteiger partial charge on any atom is -0.497 e. The number of methoxy groups -OCH3 is 1. The first-order valence-corrected chi connectivity index (χ1v) is 6.68.